The van der Waals surface area contributed by atoms with Gasteiger partial charge >= 0.3 is 0 Å². The van der Waals surface area contributed by atoms with E-state index in [1.165, 1.54) is 16.2 Å². The van der Waals surface area contributed by atoms with E-state index in [0.717, 1.165) is 13.0 Å². The summed E-state index contributed by atoms with van der Waals surface area (Å²) in [6, 6.07) is 0. The lowest BCUT2D eigenvalue weighted by molar-refractivity contribution is -0.000745. The molecule has 0 fully saturated rings. The number of rotatable bonds is 3. The lowest BCUT2D eigenvalue weighted by Crippen LogP contribution is -2.20. The molecule has 0 unspecified atom stereocenters. The van der Waals surface area contributed by atoms with Crippen molar-refractivity contribution in [3.8, 4) is 0 Å². The molecule has 3 nitrogen and oxygen atoms in total. The number of hydrogen-bond acceptors (Lipinski definition) is 4. The average Bonchev–Trinajstić information content (AvgIpc) is 2.33. The first-order valence-electron chi connectivity index (χ1n) is 4.31. The zero-order valence-electron chi connectivity index (χ0n) is 8.33. The topological polar surface area (TPSA) is 48.1 Å². The molecule has 0 bridgehead atoms. The van der Waals surface area contributed by atoms with E-state index >= 15 is 0 Å². The molecule has 0 atom stereocenters. The number of thiazole rings is 1. The summed E-state index contributed by atoms with van der Waals surface area (Å²) in [6.45, 7) is 6.88. The fourth-order valence-corrected chi connectivity index (χ4v) is 1.56. The second kappa shape index (κ2) is 4.07. The Bertz CT molecular complexity index is 265. The molecule has 1 aromatic heterocycles. The standard InChI is InChI=1S/C9H16N2OS/c1-9(2,3)12-5-4-7-6-11-8(10)13-7/h6H,4-5H2,1-3H3,(H2,10,11). The van der Waals surface area contributed by atoms with Crippen LogP contribution in [0.15, 0.2) is 6.20 Å². The molecule has 1 aromatic rings. The quantitative estimate of drug-likeness (QED) is 0.812. The second-order valence-electron chi connectivity index (χ2n) is 3.88. The number of nitrogens with zero attached hydrogens (tertiary/aromatic N) is 1. The van der Waals surface area contributed by atoms with E-state index in [1.54, 1.807) is 0 Å². The van der Waals surface area contributed by atoms with E-state index in [9.17, 15) is 0 Å². The number of anilines is 1. The Kier molecular flexibility index (Phi) is 3.27. The second-order valence-corrected chi connectivity index (χ2v) is 5.02. The van der Waals surface area contributed by atoms with Crippen LogP contribution >= 0.6 is 11.3 Å². The first-order chi connectivity index (χ1) is 5.97. The molecule has 0 aliphatic carbocycles. The zero-order chi connectivity index (χ0) is 9.90. The van der Waals surface area contributed by atoms with Crippen molar-refractivity contribution in [3.63, 3.8) is 0 Å². The van der Waals surface area contributed by atoms with Gasteiger partial charge in [-0.15, -0.1) is 11.3 Å². The predicted molar refractivity (Wildman–Crippen MR) is 55.9 cm³/mol. The summed E-state index contributed by atoms with van der Waals surface area (Å²) in [5.74, 6) is 0. The molecule has 2 N–H and O–H groups in total. The fourth-order valence-electron chi connectivity index (χ4n) is 0.896. The van der Waals surface area contributed by atoms with Gasteiger partial charge in [-0.3, -0.25) is 0 Å². The van der Waals surface area contributed by atoms with E-state index in [0.29, 0.717) is 5.13 Å². The normalized spacial score (nSPS) is 11.9. The van der Waals surface area contributed by atoms with Crippen LogP contribution in [-0.2, 0) is 11.2 Å². The molecule has 13 heavy (non-hydrogen) atoms. The Hall–Kier alpha value is -0.610. The van der Waals surface area contributed by atoms with E-state index in [4.69, 9.17) is 10.5 Å². The van der Waals surface area contributed by atoms with Crippen LogP contribution in [0.2, 0.25) is 0 Å². The van der Waals surface area contributed by atoms with Gasteiger partial charge in [-0.1, -0.05) is 0 Å². The lowest BCUT2D eigenvalue weighted by Gasteiger charge is -2.18. The smallest absolute Gasteiger partial charge is 0.180 e. The summed E-state index contributed by atoms with van der Waals surface area (Å²) in [5.41, 5.74) is 5.44. The monoisotopic (exact) mass is 200 g/mol. The molecule has 0 radical (unpaired) electrons. The first-order valence-corrected chi connectivity index (χ1v) is 5.13. The highest BCUT2D eigenvalue weighted by atomic mass is 32.1. The number of nitrogen functional groups attached to an aromatic ring is 1. The molecule has 0 saturated heterocycles. The zero-order valence-corrected chi connectivity index (χ0v) is 9.15. The third-order valence-corrected chi connectivity index (χ3v) is 2.34. The Labute approximate surface area is 82.9 Å². The first kappa shape index (κ1) is 10.5. The molecular formula is C9H16N2OS. The number of nitrogens with two attached hydrogens (primary N) is 1. The maximum Gasteiger partial charge on any atom is 0.180 e. The van der Waals surface area contributed by atoms with Gasteiger partial charge in [0.25, 0.3) is 0 Å². The molecule has 0 aliphatic rings. The summed E-state index contributed by atoms with van der Waals surface area (Å²) in [5, 5.41) is 0.630. The maximum absolute atomic E-state index is 5.58. The van der Waals surface area contributed by atoms with Crippen LogP contribution in [0.3, 0.4) is 0 Å². The molecule has 1 rings (SSSR count). The largest absolute Gasteiger partial charge is 0.375 e. The van der Waals surface area contributed by atoms with Gasteiger partial charge in [0.1, 0.15) is 0 Å². The molecule has 0 aromatic carbocycles. The van der Waals surface area contributed by atoms with Crippen molar-refractivity contribution in [2.45, 2.75) is 32.8 Å². The molecule has 0 saturated carbocycles. The molecule has 0 amide bonds. The maximum atomic E-state index is 5.58. The van der Waals surface area contributed by atoms with Gasteiger partial charge < -0.3 is 10.5 Å². The fraction of sp³-hybridized carbons (Fsp3) is 0.667. The van der Waals surface area contributed by atoms with Crippen molar-refractivity contribution >= 4 is 16.5 Å². The summed E-state index contributed by atoms with van der Waals surface area (Å²) < 4.78 is 5.58. The number of hydrogen-bond donors (Lipinski definition) is 1. The van der Waals surface area contributed by atoms with Crippen LogP contribution in [0.4, 0.5) is 5.13 Å². The van der Waals surface area contributed by atoms with Crippen molar-refractivity contribution in [1.82, 2.24) is 4.98 Å². The van der Waals surface area contributed by atoms with Gasteiger partial charge in [-0.05, 0) is 20.8 Å². The lowest BCUT2D eigenvalue weighted by atomic mass is 10.2. The SMILES string of the molecule is CC(C)(C)OCCc1cnc(N)s1. The molecule has 74 valence electrons. The van der Waals surface area contributed by atoms with Crippen LogP contribution in [0.5, 0.6) is 0 Å². The molecule has 0 aliphatic heterocycles. The highest BCUT2D eigenvalue weighted by molar-refractivity contribution is 7.15. The van der Waals surface area contributed by atoms with Gasteiger partial charge in [-0.25, -0.2) is 4.98 Å². The summed E-state index contributed by atoms with van der Waals surface area (Å²) >= 11 is 1.52. The Morgan fingerprint density at radius 3 is 2.69 bits per heavy atom. The van der Waals surface area contributed by atoms with Crippen LogP contribution in [0, 0.1) is 0 Å². The predicted octanol–water partition coefficient (Wildman–Crippen LogP) is 2.08. The average molecular weight is 200 g/mol. The summed E-state index contributed by atoms with van der Waals surface area (Å²) in [4.78, 5) is 5.15. The van der Waals surface area contributed by atoms with Crippen molar-refractivity contribution in [2.75, 3.05) is 12.3 Å². The molecule has 0 spiro atoms. The minimum atomic E-state index is -0.0593. The minimum Gasteiger partial charge on any atom is -0.375 e. The highest BCUT2D eigenvalue weighted by Crippen LogP contribution is 2.16. The third-order valence-electron chi connectivity index (χ3n) is 1.45. The van der Waals surface area contributed by atoms with E-state index < -0.39 is 0 Å². The van der Waals surface area contributed by atoms with Crippen LogP contribution in [0.1, 0.15) is 25.6 Å². The third kappa shape index (κ3) is 4.24. The van der Waals surface area contributed by atoms with Crippen LogP contribution < -0.4 is 5.73 Å². The van der Waals surface area contributed by atoms with Crippen LogP contribution in [0.25, 0.3) is 0 Å². The Morgan fingerprint density at radius 1 is 1.54 bits per heavy atom. The van der Waals surface area contributed by atoms with Crippen molar-refractivity contribution in [3.05, 3.63) is 11.1 Å². The van der Waals surface area contributed by atoms with Gasteiger partial charge in [0.15, 0.2) is 5.13 Å². The van der Waals surface area contributed by atoms with Crippen molar-refractivity contribution < 1.29 is 4.74 Å². The highest BCUT2D eigenvalue weighted by Gasteiger charge is 2.09. The van der Waals surface area contributed by atoms with Crippen LogP contribution in [-0.4, -0.2) is 17.2 Å². The number of ether oxygens (including phenoxy) is 1. The molecular weight excluding hydrogens is 184 g/mol. The molecule has 1 heterocycles. The summed E-state index contributed by atoms with van der Waals surface area (Å²) in [7, 11) is 0. The summed E-state index contributed by atoms with van der Waals surface area (Å²) in [6.07, 6.45) is 2.71. The Balaban J connectivity index is 2.28. The minimum absolute atomic E-state index is 0.0593. The van der Waals surface area contributed by atoms with E-state index in [-0.39, 0.29) is 5.60 Å². The number of aromatic nitrogens is 1. The van der Waals surface area contributed by atoms with Gasteiger partial charge in [-0.2, -0.15) is 0 Å². The van der Waals surface area contributed by atoms with E-state index in [2.05, 4.69) is 4.98 Å². The van der Waals surface area contributed by atoms with Crippen molar-refractivity contribution in [2.24, 2.45) is 0 Å². The molecule has 4 heteroatoms. The van der Waals surface area contributed by atoms with Gasteiger partial charge in [0.2, 0.25) is 0 Å². The van der Waals surface area contributed by atoms with Gasteiger partial charge in [0.05, 0.1) is 12.2 Å². The van der Waals surface area contributed by atoms with Crippen molar-refractivity contribution in [1.29, 1.82) is 0 Å². The van der Waals surface area contributed by atoms with Gasteiger partial charge in [0, 0.05) is 17.5 Å². The Morgan fingerprint density at radius 2 is 2.23 bits per heavy atom. The van der Waals surface area contributed by atoms with E-state index in [1.807, 2.05) is 27.0 Å².